The monoisotopic (exact) mass is 257 g/mol. The number of hydrogen-bond acceptors (Lipinski definition) is 3. The first kappa shape index (κ1) is 13.0. The summed E-state index contributed by atoms with van der Waals surface area (Å²) in [5, 5.41) is 2.81. The van der Waals surface area contributed by atoms with Crippen molar-refractivity contribution in [2.45, 2.75) is 0 Å². The summed E-state index contributed by atoms with van der Waals surface area (Å²) in [5.41, 5.74) is 1.23. The lowest BCUT2D eigenvalue weighted by Gasteiger charge is -2.09. The van der Waals surface area contributed by atoms with Crippen LogP contribution in [0.3, 0.4) is 0 Å². The van der Waals surface area contributed by atoms with Crippen molar-refractivity contribution >= 4 is 11.6 Å². The summed E-state index contributed by atoms with van der Waals surface area (Å²) in [6, 6.07) is 14.3. The van der Waals surface area contributed by atoms with E-state index in [4.69, 9.17) is 9.47 Å². The van der Waals surface area contributed by atoms with Gasteiger partial charge in [-0.3, -0.25) is 4.79 Å². The summed E-state index contributed by atoms with van der Waals surface area (Å²) in [4.78, 5) is 12.1. The molecule has 0 atom stereocenters. The van der Waals surface area contributed by atoms with Crippen LogP contribution in [0.2, 0.25) is 0 Å². The Morgan fingerprint density at radius 2 is 1.53 bits per heavy atom. The average molecular weight is 257 g/mol. The number of benzene rings is 2. The maximum Gasteiger partial charge on any atom is 0.255 e. The van der Waals surface area contributed by atoms with Crippen molar-refractivity contribution in [3.8, 4) is 11.5 Å². The molecule has 0 aliphatic rings. The van der Waals surface area contributed by atoms with Crippen molar-refractivity contribution in [3.63, 3.8) is 0 Å². The zero-order chi connectivity index (χ0) is 13.7. The Kier molecular flexibility index (Phi) is 4.03. The van der Waals surface area contributed by atoms with Crippen molar-refractivity contribution in [2.24, 2.45) is 0 Å². The highest BCUT2D eigenvalue weighted by Crippen LogP contribution is 2.23. The van der Waals surface area contributed by atoms with Gasteiger partial charge in [0.1, 0.15) is 11.5 Å². The van der Waals surface area contributed by atoms with E-state index in [2.05, 4.69) is 5.32 Å². The highest BCUT2D eigenvalue weighted by molar-refractivity contribution is 6.04. The second-order valence-corrected chi connectivity index (χ2v) is 3.92. The number of para-hydroxylation sites is 1. The second kappa shape index (κ2) is 5.91. The van der Waals surface area contributed by atoms with Gasteiger partial charge in [-0.25, -0.2) is 0 Å². The third kappa shape index (κ3) is 3.25. The lowest BCUT2D eigenvalue weighted by molar-refractivity contribution is 0.102. The number of amides is 1. The first-order valence-corrected chi connectivity index (χ1v) is 5.82. The summed E-state index contributed by atoms with van der Waals surface area (Å²) < 4.78 is 10.3. The fraction of sp³-hybridized carbons (Fsp3) is 0.133. The van der Waals surface area contributed by atoms with Gasteiger partial charge >= 0.3 is 0 Å². The van der Waals surface area contributed by atoms with Crippen molar-refractivity contribution < 1.29 is 14.3 Å². The van der Waals surface area contributed by atoms with Crippen LogP contribution < -0.4 is 14.8 Å². The molecule has 0 aliphatic carbocycles. The van der Waals surface area contributed by atoms with Gasteiger partial charge in [-0.05, 0) is 24.3 Å². The molecular formula is C15H15NO3. The van der Waals surface area contributed by atoms with E-state index in [1.807, 2.05) is 30.3 Å². The normalized spacial score (nSPS) is 9.79. The van der Waals surface area contributed by atoms with Gasteiger partial charge in [-0.2, -0.15) is 0 Å². The maximum atomic E-state index is 12.1. The number of ether oxygens (including phenoxy) is 2. The fourth-order valence-corrected chi connectivity index (χ4v) is 1.66. The van der Waals surface area contributed by atoms with Crippen LogP contribution in [0.1, 0.15) is 10.4 Å². The molecule has 1 amide bonds. The summed E-state index contributed by atoms with van der Waals surface area (Å²) in [6.07, 6.45) is 0. The largest absolute Gasteiger partial charge is 0.497 e. The van der Waals surface area contributed by atoms with Gasteiger partial charge in [-0.15, -0.1) is 0 Å². The van der Waals surface area contributed by atoms with E-state index in [-0.39, 0.29) is 5.91 Å². The number of rotatable bonds is 4. The van der Waals surface area contributed by atoms with Gasteiger partial charge in [-0.1, -0.05) is 18.2 Å². The SMILES string of the molecule is COc1cc(OC)cc(C(=O)Nc2ccccc2)c1. The molecule has 2 aromatic carbocycles. The summed E-state index contributed by atoms with van der Waals surface area (Å²) in [7, 11) is 3.10. The quantitative estimate of drug-likeness (QED) is 0.916. The molecule has 0 aliphatic heterocycles. The zero-order valence-corrected chi connectivity index (χ0v) is 10.8. The van der Waals surface area contributed by atoms with Gasteiger partial charge in [0.25, 0.3) is 5.91 Å². The minimum atomic E-state index is -0.205. The predicted molar refractivity (Wildman–Crippen MR) is 73.9 cm³/mol. The minimum absolute atomic E-state index is 0.205. The molecule has 2 aromatic rings. The van der Waals surface area contributed by atoms with E-state index in [0.29, 0.717) is 17.1 Å². The molecule has 0 unspecified atom stereocenters. The van der Waals surface area contributed by atoms with Crippen LogP contribution in [-0.4, -0.2) is 20.1 Å². The van der Waals surface area contributed by atoms with Crippen LogP contribution in [0.5, 0.6) is 11.5 Å². The summed E-state index contributed by atoms with van der Waals surface area (Å²) in [5.74, 6) is 0.957. The van der Waals surface area contributed by atoms with E-state index >= 15 is 0 Å². The van der Waals surface area contributed by atoms with Gasteiger partial charge in [0.05, 0.1) is 14.2 Å². The van der Waals surface area contributed by atoms with E-state index in [9.17, 15) is 4.79 Å². The molecule has 1 N–H and O–H groups in total. The van der Waals surface area contributed by atoms with Crippen LogP contribution in [-0.2, 0) is 0 Å². The molecule has 0 heterocycles. The van der Waals surface area contributed by atoms with Crippen LogP contribution in [0, 0.1) is 0 Å². The Bertz CT molecular complexity index is 545. The highest BCUT2D eigenvalue weighted by Gasteiger charge is 2.09. The number of anilines is 1. The van der Waals surface area contributed by atoms with E-state index in [0.717, 1.165) is 5.69 Å². The van der Waals surface area contributed by atoms with E-state index in [1.165, 1.54) is 0 Å². The van der Waals surface area contributed by atoms with Gasteiger partial charge < -0.3 is 14.8 Å². The van der Waals surface area contributed by atoms with Crippen LogP contribution in [0.25, 0.3) is 0 Å². The second-order valence-electron chi connectivity index (χ2n) is 3.92. The molecule has 2 rings (SSSR count). The van der Waals surface area contributed by atoms with Crippen LogP contribution in [0.15, 0.2) is 48.5 Å². The number of methoxy groups -OCH3 is 2. The van der Waals surface area contributed by atoms with Gasteiger partial charge in [0, 0.05) is 17.3 Å². The first-order valence-electron chi connectivity index (χ1n) is 5.82. The van der Waals surface area contributed by atoms with Crippen LogP contribution >= 0.6 is 0 Å². The molecule has 0 saturated heterocycles. The standard InChI is InChI=1S/C15H15NO3/c1-18-13-8-11(9-14(10-13)19-2)15(17)16-12-6-4-3-5-7-12/h3-10H,1-2H3,(H,16,17). The Morgan fingerprint density at radius 3 is 2.05 bits per heavy atom. The maximum absolute atomic E-state index is 12.1. The summed E-state index contributed by atoms with van der Waals surface area (Å²) in [6.45, 7) is 0. The molecule has 0 saturated carbocycles. The summed E-state index contributed by atoms with van der Waals surface area (Å²) >= 11 is 0. The molecular weight excluding hydrogens is 242 g/mol. The van der Waals surface area contributed by atoms with Crippen molar-refractivity contribution in [3.05, 3.63) is 54.1 Å². The molecule has 0 fully saturated rings. The molecule has 98 valence electrons. The number of nitrogens with one attached hydrogen (secondary N) is 1. The van der Waals surface area contributed by atoms with Gasteiger partial charge in [0.15, 0.2) is 0 Å². The first-order chi connectivity index (χ1) is 9.22. The fourth-order valence-electron chi connectivity index (χ4n) is 1.66. The van der Waals surface area contributed by atoms with Crippen molar-refractivity contribution in [1.82, 2.24) is 0 Å². The molecule has 0 bridgehead atoms. The molecule has 0 aromatic heterocycles. The average Bonchev–Trinajstić information content (AvgIpc) is 2.47. The number of hydrogen-bond donors (Lipinski definition) is 1. The highest BCUT2D eigenvalue weighted by atomic mass is 16.5. The van der Waals surface area contributed by atoms with Gasteiger partial charge in [0.2, 0.25) is 0 Å². The minimum Gasteiger partial charge on any atom is -0.497 e. The molecule has 0 spiro atoms. The Morgan fingerprint density at radius 1 is 0.947 bits per heavy atom. The van der Waals surface area contributed by atoms with Crippen molar-refractivity contribution in [1.29, 1.82) is 0 Å². The smallest absolute Gasteiger partial charge is 0.255 e. The third-order valence-corrected chi connectivity index (χ3v) is 2.65. The van der Waals surface area contributed by atoms with E-state index in [1.54, 1.807) is 32.4 Å². The Labute approximate surface area is 112 Å². The lowest BCUT2D eigenvalue weighted by atomic mass is 10.2. The third-order valence-electron chi connectivity index (χ3n) is 2.65. The topological polar surface area (TPSA) is 47.6 Å². The lowest BCUT2D eigenvalue weighted by Crippen LogP contribution is -2.12. The van der Waals surface area contributed by atoms with Crippen LogP contribution in [0.4, 0.5) is 5.69 Å². The number of carbonyl (C=O) groups is 1. The Balaban J connectivity index is 2.23. The molecule has 4 heteroatoms. The Hall–Kier alpha value is -2.49. The molecule has 4 nitrogen and oxygen atoms in total. The zero-order valence-electron chi connectivity index (χ0n) is 10.8. The number of carbonyl (C=O) groups excluding carboxylic acids is 1. The van der Waals surface area contributed by atoms with Crippen molar-refractivity contribution in [2.75, 3.05) is 19.5 Å². The molecule has 19 heavy (non-hydrogen) atoms. The predicted octanol–water partition coefficient (Wildman–Crippen LogP) is 2.96. The molecule has 0 radical (unpaired) electrons. The van der Waals surface area contributed by atoms with E-state index < -0.39 is 0 Å².